The van der Waals surface area contributed by atoms with Crippen LogP contribution in [0.5, 0.6) is 0 Å². The standard InChI is InChI=1S/C17H16F2N2O/c1-17(2,9-22)11-5-3-10(4-6-11)16-20-14-8-12(18)7-13(19)15(14)21-16/h3-8,22H,9H2,1-2H3,(H,20,21). The van der Waals surface area contributed by atoms with Crippen molar-refractivity contribution in [3.05, 3.63) is 53.6 Å². The highest BCUT2D eigenvalue weighted by atomic mass is 19.1. The van der Waals surface area contributed by atoms with Gasteiger partial charge in [-0.05, 0) is 11.6 Å². The van der Waals surface area contributed by atoms with Gasteiger partial charge < -0.3 is 10.1 Å². The molecule has 0 unspecified atom stereocenters. The van der Waals surface area contributed by atoms with Gasteiger partial charge in [-0.1, -0.05) is 38.1 Å². The van der Waals surface area contributed by atoms with Crippen molar-refractivity contribution in [2.24, 2.45) is 0 Å². The summed E-state index contributed by atoms with van der Waals surface area (Å²) < 4.78 is 26.9. The zero-order valence-electron chi connectivity index (χ0n) is 12.3. The molecule has 3 rings (SSSR count). The molecule has 0 radical (unpaired) electrons. The lowest BCUT2D eigenvalue weighted by molar-refractivity contribution is 0.218. The first-order chi connectivity index (χ1) is 10.4. The van der Waals surface area contributed by atoms with E-state index in [4.69, 9.17) is 0 Å². The Morgan fingerprint density at radius 2 is 1.82 bits per heavy atom. The molecule has 0 saturated heterocycles. The Morgan fingerprint density at radius 1 is 1.14 bits per heavy atom. The molecular formula is C17H16F2N2O. The van der Waals surface area contributed by atoms with Crippen molar-refractivity contribution >= 4 is 11.0 Å². The molecule has 114 valence electrons. The Hall–Kier alpha value is -2.27. The molecule has 1 heterocycles. The number of benzene rings is 2. The van der Waals surface area contributed by atoms with Crippen LogP contribution in [0.3, 0.4) is 0 Å². The number of nitrogens with one attached hydrogen (secondary N) is 1. The summed E-state index contributed by atoms with van der Waals surface area (Å²) in [5.41, 5.74) is 1.88. The average molecular weight is 302 g/mol. The summed E-state index contributed by atoms with van der Waals surface area (Å²) in [6, 6.07) is 9.53. The second-order valence-electron chi connectivity index (χ2n) is 5.99. The van der Waals surface area contributed by atoms with Crippen molar-refractivity contribution in [1.29, 1.82) is 0 Å². The number of hydrogen-bond donors (Lipinski definition) is 2. The summed E-state index contributed by atoms with van der Waals surface area (Å²) >= 11 is 0. The second-order valence-corrected chi connectivity index (χ2v) is 5.99. The molecule has 3 aromatic rings. The molecule has 1 aromatic heterocycles. The van der Waals surface area contributed by atoms with E-state index in [1.807, 2.05) is 38.1 Å². The molecule has 0 spiro atoms. The van der Waals surface area contributed by atoms with Crippen molar-refractivity contribution < 1.29 is 13.9 Å². The monoisotopic (exact) mass is 302 g/mol. The first kappa shape index (κ1) is 14.7. The maximum Gasteiger partial charge on any atom is 0.153 e. The first-order valence-electron chi connectivity index (χ1n) is 6.97. The number of halogens is 2. The van der Waals surface area contributed by atoms with Crippen LogP contribution in [0.4, 0.5) is 8.78 Å². The van der Waals surface area contributed by atoms with Crippen LogP contribution in [0.15, 0.2) is 36.4 Å². The number of aliphatic hydroxyl groups excluding tert-OH is 1. The van der Waals surface area contributed by atoms with E-state index in [9.17, 15) is 13.9 Å². The predicted octanol–water partition coefficient (Wildman–Crippen LogP) is 3.78. The number of aromatic nitrogens is 2. The van der Waals surface area contributed by atoms with Crippen molar-refractivity contribution in [1.82, 2.24) is 9.97 Å². The molecule has 0 amide bonds. The fourth-order valence-electron chi connectivity index (χ4n) is 2.35. The number of aliphatic hydroxyl groups is 1. The third-order valence-corrected chi connectivity index (χ3v) is 3.84. The second kappa shape index (κ2) is 5.18. The normalized spacial score (nSPS) is 12.0. The van der Waals surface area contributed by atoms with Gasteiger partial charge in [-0.3, -0.25) is 0 Å². The molecule has 0 atom stereocenters. The van der Waals surface area contributed by atoms with Gasteiger partial charge >= 0.3 is 0 Å². The van der Waals surface area contributed by atoms with Crippen LogP contribution in [-0.2, 0) is 5.41 Å². The van der Waals surface area contributed by atoms with E-state index < -0.39 is 11.6 Å². The number of fused-ring (bicyclic) bond motifs is 1. The summed E-state index contributed by atoms with van der Waals surface area (Å²) in [7, 11) is 0. The Labute approximate surface area is 126 Å². The molecule has 22 heavy (non-hydrogen) atoms. The van der Waals surface area contributed by atoms with E-state index in [1.165, 1.54) is 6.07 Å². The Bertz CT molecular complexity index is 823. The molecule has 2 aromatic carbocycles. The third-order valence-electron chi connectivity index (χ3n) is 3.84. The molecular weight excluding hydrogens is 286 g/mol. The minimum Gasteiger partial charge on any atom is -0.395 e. The Morgan fingerprint density at radius 3 is 2.45 bits per heavy atom. The van der Waals surface area contributed by atoms with Crippen LogP contribution in [-0.4, -0.2) is 21.7 Å². The fraction of sp³-hybridized carbons (Fsp3) is 0.235. The van der Waals surface area contributed by atoms with Gasteiger partial charge in [-0.25, -0.2) is 13.8 Å². The minimum absolute atomic E-state index is 0.0431. The minimum atomic E-state index is -0.685. The largest absolute Gasteiger partial charge is 0.395 e. The van der Waals surface area contributed by atoms with Crippen LogP contribution in [0.1, 0.15) is 19.4 Å². The number of imidazole rings is 1. The quantitative estimate of drug-likeness (QED) is 0.773. The first-order valence-corrected chi connectivity index (χ1v) is 6.97. The maximum atomic E-state index is 13.7. The van der Waals surface area contributed by atoms with Crippen molar-refractivity contribution in [2.45, 2.75) is 19.3 Å². The van der Waals surface area contributed by atoms with Crippen molar-refractivity contribution in [2.75, 3.05) is 6.61 Å². The molecule has 3 nitrogen and oxygen atoms in total. The molecule has 5 heteroatoms. The lowest BCUT2D eigenvalue weighted by Crippen LogP contribution is -2.21. The van der Waals surface area contributed by atoms with Crippen LogP contribution < -0.4 is 0 Å². The topological polar surface area (TPSA) is 48.9 Å². The highest BCUT2D eigenvalue weighted by Crippen LogP contribution is 2.27. The van der Waals surface area contributed by atoms with Gasteiger partial charge in [0.05, 0.1) is 12.1 Å². The lowest BCUT2D eigenvalue weighted by atomic mass is 9.85. The van der Waals surface area contributed by atoms with E-state index >= 15 is 0 Å². The Kier molecular flexibility index (Phi) is 3.45. The Balaban J connectivity index is 2.03. The van der Waals surface area contributed by atoms with Crippen LogP contribution in [0, 0.1) is 11.6 Å². The summed E-state index contributed by atoms with van der Waals surface area (Å²) in [6.07, 6.45) is 0. The molecule has 0 fully saturated rings. The van der Waals surface area contributed by atoms with Gasteiger partial charge in [0.1, 0.15) is 17.2 Å². The third kappa shape index (κ3) is 2.48. The highest BCUT2D eigenvalue weighted by molar-refractivity contribution is 5.80. The SMILES string of the molecule is CC(C)(CO)c1ccc(-c2nc3c(F)cc(F)cc3[nH]2)cc1. The van der Waals surface area contributed by atoms with Crippen molar-refractivity contribution in [3.8, 4) is 11.4 Å². The smallest absolute Gasteiger partial charge is 0.153 e. The van der Waals surface area contributed by atoms with Gasteiger partial charge in [-0.2, -0.15) is 0 Å². The van der Waals surface area contributed by atoms with Crippen LogP contribution in [0.25, 0.3) is 22.4 Å². The number of nitrogens with zero attached hydrogens (tertiary/aromatic N) is 1. The zero-order chi connectivity index (χ0) is 15.9. The lowest BCUT2D eigenvalue weighted by Gasteiger charge is -2.22. The van der Waals surface area contributed by atoms with E-state index in [-0.39, 0.29) is 17.5 Å². The summed E-state index contributed by atoms with van der Waals surface area (Å²) in [6.45, 7) is 3.93. The fourth-order valence-corrected chi connectivity index (χ4v) is 2.35. The molecule has 0 aliphatic heterocycles. The van der Waals surface area contributed by atoms with Gasteiger partial charge in [0.2, 0.25) is 0 Å². The molecule has 0 saturated carbocycles. The summed E-state index contributed by atoms with van der Waals surface area (Å²) in [4.78, 5) is 7.11. The van der Waals surface area contributed by atoms with E-state index in [0.29, 0.717) is 11.3 Å². The van der Waals surface area contributed by atoms with Gasteiger partial charge in [0.15, 0.2) is 5.82 Å². The van der Waals surface area contributed by atoms with Crippen LogP contribution in [0.2, 0.25) is 0 Å². The maximum absolute atomic E-state index is 13.7. The number of aromatic amines is 1. The average Bonchev–Trinajstić information content (AvgIpc) is 2.91. The summed E-state index contributed by atoms with van der Waals surface area (Å²) in [5, 5.41) is 9.39. The molecule has 0 bridgehead atoms. The molecule has 0 aliphatic carbocycles. The van der Waals surface area contributed by atoms with Crippen LogP contribution >= 0.6 is 0 Å². The van der Waals surface area contributed by atoms with Gasteiger partial charge in [-0.15, -0.1) is 0 Å². The van der Waals surface area contributed by atoms with Crippen molar-refractivity contribution in [3.63, 3.8) is 0 Å². The zero-order valence-corrected chi connectivity index (χ0v) is 12.3. The molecule has 2 N–H and O–H groups in total. The number of H-pyrrole nitrogens is 1. The highest BCUT2D eigenvalue weighted by Gasteiger charge is 2.19. The van der Waals surface area contributed by atoms with E-state index in [2.05, 4.69) is 9.97 Å². The van der Waals surface area contributed by atoms with Gasteiger partial charge in [0.25, 0.3) is 0 Å². The van der Waals surface area contributed by atoms with Gasteiger partial charge in [0, 0.05) is 17.0 Å². The van der Waals surface area contributed by atoms with E-state index in [0.717, 1.165) is 17.2 Å². The van der Waals surface area contributed by atoms with E-state index in [1.54, 1.807) is 0 Å². The number of hydrogen-bond acceptors (Lipinski definition) is 2. The molecule has 0 aliphatic rings. The number of rotatable bonds is 3. The summed E-state index contributed by atoms with van der Waals surface area (Å²) in [5.74, 6) is -0.844. The predicted molar refractivity (Wildman–Crippen MR) is 81.6 cm³/mol.